The van der Waals surface area contributed by atoms with Crippen molar-refractivity contribution in [3.63, 3.8) is 0 Å². The first kappa shape index (κ1) is 12.3. The van der Waals surface area contributed by atoms with Crippen molar-refractivity contribution in [2.24, 2.45) is 5.73 Å². The van der Waals surface area contributed by atoms with Gasteiger partial charge in [0.05, 0.1) is 12.0 Å². The Labute approximate surface area is 104 Å². The molecule has 1 fully saturated rings. The molecule has 0 aromatic carbocycles. The van der Waals surface area contributed by atoms with Crippen LogP contribution in [0.1, 0.15) is 29.6 Å². The molecule has 6 nitrogen and oxygen atoms in total. The number of rotatable bonds is 6. The second kappa shape index (κ2) is 5.03. The average molecular weight is 249 g/mol. The van der Waals surface area contributed by atoms with E-state index in [2.05, 4.69) is 4.98 Å². The molecule has 0 radical (unpaired) electrons. The summed E-state index contributed by atoms with van der Waals surface area (Å²) in [4.78, 5) is 27.7. The second-order valence-electron chi connectivity index (χ2n) is 4.34. The summed E-state index contributed by atoms with van der Waals surface area (Å²) in [6.45, 7) is 0.433. The fourth-order valence-corrected chi connectivity index (χ4v) is 1.79. The number of aliphatic carboxylic acids is 1. The topological polar surface area (TPSA) is 96.5 Å². The number of carbonyl (C=O) groups is 2. The molecule has 2 rings (SSSR count). The first-order valence-corrected chi connectivity index (χ1v) is 5.82. The number of carboxylic acid groups (broad SMARTS) is 1. The van der Waals surface area contributed by atoms with Crippen LogP contribution < -0.4 is 10.6 Å². The number of carboxylic acids is 1. The number of pyridine rings is 1. The van der Waals surface area contributed by atoms with Gasteiger partial charge < -0.3 is 15.7 Å². The number of carbonyl (C=O) groups excluding carboxylic acids is 1. The first-order chi connectivity index (χ1) is 8.58. The summed E-state index contributed by atoms with van der Waals surface area (Å²) in [6, 6.07) is 3.69. The molecule has 0 spiro atoms. The third-order valence-electron chi connectivity index (χ3n) is 2.88. The number of hydrogen-bond donors (Lipinski definition) is 2. The summed E-state index contributed by atoms with van der Waals surface area (Å²) >= 11 is 0. The van der Waals surface area contributed by atoms with Crippen LogP contribution in [-0.4, -0.2) is 34.6 Å². The van der Waals surface area contributed by atoms with Crippen molar-refractivity contribution in [1.82, 2.24) is 4.98 Å². The molecule has 18 heavy (non-hydrogen) atoms. The lowest BCUT2D eigenvalue weighted by atomic mass is 10.2. The fourth-order valence-electron chi connectivity index (χ4n) is 1.79. The highest BCUT2D eigenvalue weighted by Gasteiger charge is 2.30. The summed E-state index contributed by atoms with van der Waals surface area (Å²) in [5.41, 5.74) is 5.49. The molecule has 1 heterocycles. The van der Waals surface area contributed by atoms with Crippen LogP contribution in [0.2, 0.25) is 0 Å². The van der Waals surface area contributed by atoms with Crippen LogP contribution in [0.5, 0.6) is 0 Å². The van der Waals surface area contributed by atoms with Crippen molar-refractivity contribution >= 4 is 17.7 Å². The average Bonchev–Trinajstić information content (AvgIpc) is 3.14. The van der Waals surface area contributed by atoms with Gasteiger partial charge in [0, 0.05) is 18.8 Å². The van der Waals surface area contributed by atoms with E-state index in [-0.39, 0.29) is 6.42 Å². The number of hydrogen-bond acceptors (Lipinski definition) is 4. The Morgan fingerprint density at radius 3 is 2.61 bits per heavy atom. The van der Waals surface area contributed by atoms with Crippen LogP contribution in [0.15, 0.2) is 18.3 Å². The van der Waals surface area contributed by atoms with Gasteiger partial charge >= 0.3 is 5.97 Å². The van der Waals surface area contributed by atoms with E-state index in [4.69, 9.17) is 10.8 Å². The lowest BCUT2D eigenvalue weighted by Crippen LogP contribution is -2.29. The third-order valence-corrected chi connectivity index (χ3v) is 2.88. The van der Waals surface area contributed by atoms with E-state index in [9.17, 15) is 9.59 Å². The minimum atomic E-state index is -0.825. The van der Waals surface area contributed by atoms with E-state index in [0.29, 0.717) is 24.0 Å². The van der Waals surface area contributed by atoms with Gasteiger partial charge in [0.2, 0.25) is 5.91 Å². The maximum atomic E-state index is 10.9. The van der Waals surface area contributed by atoms with Gasteiger partial charge in [0.1, 0.15) is 5.82 Å². The highest BCUT2D eigenvalue weighted by atomic mass is 16.4. The summed E-state index contributed by atoms with van der Waals surface area (Å²) in [6.07, 6.45) is 3.61. The van der Waals surface area contributed by atoms with Crippen LogP contribution in [0.3, 0.4) is 0 Å². The molecule has 1 aliphatic rings. The number of nitrogens with two attached hydrogens (primary N) is 1. The molecule has 0 bridgehead atoms. The predicted molar refractivity (Wildman–Crippen MR) is 65.4 cm³/mol. The van der Waals surface area contributed by atoms with Crippen LogP contribution in [-0.2, 0) is 4.79 Å². The number of aromatic nitrogens is 1. The summed E-state index contributed by atoms with van der Waals surface area (Å²) in [5.74, 6) is -0.643. The van der Waals surface area contributed by atoms with Gasteiger partial charge in [-0.25, -0.2) is 4.98 Å². The fraction of sp³-hybridized carbons (Fsp3) is 0.417. The maximum Gasteiger partial charge on any atom is 0.305 e. The maximum absolute atomic E-state index is 10.9. The second-order valence-corrected chi connectivity index (χ2v) is 4.34. The zero-order valence-electron chi connectivity index (χ0n) is 9.87. The van der Waals surface area contributed by atoms with Crippen LogP contribution in [0.25, 0.3) is 0 Å². The molecule has 1 aliphatic carbocycles. The molecular formula is C12H15N3O3. The van der Waals surface area contributed by atoms with Crippen molar-refractivity contribution in [3.05, 3.63) is 23.9 Å². The van der Waals surface area contributed by atoms with Crippen LogP contribution >= 0.6 is 0 Å². The monoisotopic (exact) mass is 249 g/mol. The molecule has 0 unspecified atom stereocenters. The quantitative estimate of drug-likeness (QED) is 0.770. The highest BCUT2D eigenvalue weighted by molar-refractivity contribution is 5.92. The van der Waals surface area contributed by atoms with Crippen molar-refractivity contribution in [2.45, 2.75) is 25.3 Å². The number of anilines is 1. The molecule has 0 aliphatic heterocycles. The molecule has 0 atom stereocenters. The number of nitrogens with zero attached hydrogens (tertiary/aromatic N) is 2. The van der Waals surface area contributed by atoms with Gasteiger partial charge in [0.15, 0.2) is 0 Å². The number of primary amides is 1. The van der Waals surface area contributed by atoms with E-state index < -0.39 is 11.9 Å². The SMILES string of the molecule is NC(=O)c1ccc(N(CCC(=O)O)C2CC2)nc1. The summed E-state index contributed by atoms with van der Waals surface area (Å²) < 4.78 is 0. The highest BCUT2D eigenvalue weighted by Crippen LogP contribution is 2.30. The smallest absolute Gasteiger partial charge is 0.305 e. The predicted octanol–water partition coefficient (Wildman–Crippen LogP) is 0.624. The summed E-state index contributed by atoms with van der Waals surface area (Å²) in [5, 5.41) is 8.72. The van der Waals surface area contributed by atoms with Crippen molar-refractivity contribution < 1.29 is 14.7 Å². The molecule has 6 heteroatoms. The standard InChI is InChI=1S/C12H15N3O3/c13-12(18)8-1-4-10(14-7-8)15(9-2-3-9)6-5-11(16)17/h1,4,7,9H,2-3,5-6H2,(H2,13,18)(H,16,17). The van der Waals surface area contributed by atoms with E-state index >= 15 is 0 Å². The minimum absolute atomic E-state index is 0.0791. The van der Waals surface area contributed by atoms with E-state index in [1.54, 1.807) is 12.1 Å². The van der Waals surface area contributed by atoms with E-state index in [1.807, 2.05) is 4.90 Å². The van der Waals surface area contributed by atoms with Gasteiger partial charge in [-0.15, -0.1) is 0 Å². The van der Waals surface area contributed by atoms with Gasteiger partial charge in [0.25, 0.3) is 0 Å². The van der Waals surface area contributed by atoms with Crippen LogP contribution in [0.4, 0.5) is 5.82 Å². The van der Waals surface area contributed by atoms with Gasteiger partial charge in [-0.1, -0.05) is 0 Å². The Hall–Kier alpha value is -2.11. The van der Waals surface area contributed by atoms with Gasteiger partial charge in [-0.2, -0.15) is 0 Å². The lowest BCUT2D eigenvalue weighted by Gasteiger charge is -2.22. The van der Waals surface area contributed by atoms with Gasteiger partial charge in [-0.05, 0) is 25.0 Å². The molecule has 0 saturated heterocycles. The molecular weight excluding hydrogens is 234 g/mol. The first-order valence-electron chi connectivity index (χ1n) is 5.82. The van der Waals surface area contributed by atoms with E-state index in [1.165, 1.54) is 6.20 Å². The van der Waals surface area contributed by atoms with Crippen molar-refractivity contribution in [1.29, 1.82) is 0 Å². The third kappa shape index (κ3) is 2.97. The minimum Gasteiger partial charge on any atom is -0.481 e. The largest absolute Gasteiger partial charge is 0.481 e. The molecule has 1 aromatic heterocycles. The van der Waals surface area contributed by atoms with Crippen molar-refractivity contribution in [2.75, 3.05) is 11.4 Å². The van der Waals surface area contributed by atoms with Gasteiger partial charge in [-0.3, -0.25) is 9.59 Å². The molecule has 3 N–H and O–H groups in total. The molecule has 1 saturated carbocycles. The Balaban J connectivity index is 2.10. The Bertz CT molecular complexity index is 454. The number of amides is 1. The summed E-state index contributed by atoms with van der Waals surface area (Å²) in [7, 11) is 0. The Morgan fingerprint density at radius 2 is 2.17 bits per heavy atom. The molecule has 1 amide bonds. The molecule has 1 aromatic rings. The Morgan fingerprint density at radius 1 is 1.44 bits per heavy atom. The lowest BCUT2D eigenvalue weighted by molar-refractivity contribution is -0.136. The molecule has 96 valence electrons. The Kier molecular flexibility index (Phi) is 3.45. The zero-order chi connectivity index (χ0) is 13.1. The van der Waals surface area contributed by atoms with Crippen LogP contribution in [0, 0.1) is 0 Å². The van der Waals surface area contributed by atoms with E-state index in [0.717, 1.165) is 12.8 Å². The van der Waals surface area contributed by atoms with Crippen molar-refractivity contribution in [3.8, 4) is 0 Å². The normalized spacial score (nSPS) is 14.2. The zero-order valence-corrected chi connectivity index (χ0v) is 9.87.